The van der Waals surface area contributed by atoms with E-state index in [9.17, 15) is 0 Å². The third-order valence-corrected chi connectivity index (χ3v) is 2.76. The van der Waals surface area contributed by atoms with E-state index in [4.69, 9.17) is 25.5 Å². The second kappa shape index (κ2) is 5.36. The summed E-state index contributed by atoms with van der Waals surface area (Å²) in [4.78, 5) is 0. The van der Waals surface area contributed by atoms with Gasteiger partial charge in [0.15, 0.2) is 5.76 Å². The van der Waals surface area contributed by atoms with Crippen molar-refractivity contribution in [3.63, 3.8) is 0 Å². The maximum absolute atomic E-state index is 6.09. The highest BCUT2D eigenvalue weighted by Crippen LogP contribution is 2.31. The van der Waals surface area contributed by atoms with E-state index in [1.165, 1.54) is 0 Å². The third-order valence-electron chi connectivity index (χ3n) is 2.43. The Morgan fingerprint density at radius 3 is 2.41 bits per heavy atom. The zero-order valence-electron chi connectivity index (χ0n) is 9.64. The van der Waals surface area contributed by atoms with Crippen molar-refractivity contribution >= 4 is 11.6 Å². The molecule has 0 bridgehead atoms. The van der Waals surface area contributed by atoms with Crippen molar-refractivity contribution in [1.82, 2.24) is 0 Å². The first-order chi connectivity index (χ1) is 8.26. The molecule has 0 unspecified atom stereocenters. The molecule has 90 valence electrons. The van der Waals surface area contributed by atoms with E-state index in [1.54, 1.807) is 14.2 Å². The van der Waals surface area contributed by atoms with Gasteiger partial charge >= 0.3 is 0 Å². The highest BCUT2D eigenvalue weighted by atomic mass is 35.5. The maximum atomic E-state index is 6.09. The van der Waals surface area contributed by atoms with Crippen LogP contribution < -0.4 is 0 Å². The Bertz CT molecular complexity index is 489. The van der Waals surface area contributed by atoms with E-state index in [0.717, 1.165) is 5.56 Å². The van der Waals surface area contributed by atoms with E-state index in [0.29, 0.717) is 16.5 Å². The molecule has 0 N–H and O–H groups in total. The third kappa shape index (κ3) is 2.52. The Labute approximate surface area is 105 Å². The molecule has 0 saturated heterocycles. The van der Waals surface area contributed by atoms with Crippen molar-refractivity contribution in [3.8, 4) is 11.3 Å². The normalized spacial score (nSPS) is 11.1. The average molecular weight is 253 g/mol. The van der Waals surface area contributed by atoms with Crippen LogP contribution in [0, 0.1) is 0 Å². The first-order valence-electron chi connectivity index (χ1n) is 5.16. The zero-order chi connectivity index (χ0) is 12.3. The zero-order valence-corrected chi connectivity index (χ0v) is 10.4. The summed E-state index contributed by atoms with van der Waals surface area (Å²) in [5.74, 6) is 1.31. The van der Waals surface area contributed by atoms with Gasteiger partial charge in [-0.2, -0.15) is 0 Å². The first-order valence-corrected chi connectivity index (χ1v) is 5.54. The van der Waals surface area contributed by atoms with Crippen LogP contribution in [-0.2, 0) is 9.47 Å². The molecule has 0 fully saturated rings. The van der Waals surface area contributed by atoms with E-state index >= 15 is 0 Å². The van der Waals surface area contributed by atoms with Crippen molar-refractivity contribution in [2.45, 2.75) is 6.29 Å². The lowest BCUT2D eigenvalue weighted by molar-refractivity contribution is -0.117. The molecule has 2 aromatic rings. The summed E-state index contributed by atoms with van der Waals surface area (Å²) < 4.78 is 15.9. The van der Waals surface area contributed by atoms with Gasteiger partial charge in [0.05, 0.1) is 5.02 Å². The highest BCUT2D eigenvalue weighted by molar-refractivity contribution is 6.33. The molecule has 0 aliphatic heterocycles. The fraction of sp³-hybridized carbons (Fsp3) is 0.231. The number of hydrogen-bond donors (Lipinski definition) is 0. The first kappa shape index (κ1) is 12.2. The van der Waals surface area contributed by atoms with Crippen LogP contribution in [0.2, 0.25) is 5.02 Å². The van der Waals surface area contributed by atoms with Gasteiger partial charge in [-0.15, -0.1) is 0 Å². The number of hydrogen-bond acceptors (Lipinski definition) is 3. The van der Waals surface area contributed by atoms with Gasteiger partial charge in [-0.25, -0.2) is 0 Å². The smallest absolute Gasteiger partial charge is 0.216 e. The van der Waals surface area contributed by atoms with Crippen LogP contribution in [0.15, 0.2) is 40.8 Å². The van der Waals surface area contributed by atoms with Crippen molar-refractivity contribution in [3.05, 3.63) is 47.2 Å². The van der Waals surface area contributed by atoms with Crippen molar-refractivity contribution < 1.29 is 13.9 Å². The SMILES string of the molecule is COC(OC)c1ccc(-c2ccccc2Cl)o1. The summed E-state index contributed by atoms with van der Waals surface area (Å²) in [7, 11) is 3.12. The lowest BCUT2D eigenvalue weighted by Crippen LogP contribution is -2.01. The number of benzene rings is 1. The summed E-state index contributed by atoms with van der Waals surface area (Å²) in [6, 6.07) is 11.2. The van der Waals surface area contributed by atoms with E-state index < -0.39 is 6.29 Å². The van der Waals surface area contributed by atoms with Gasteiger partial charge in [0.1, 0.15) is 5.76 Å². The molecule has 2 rings (SSSR count). The Balaban J connectivity index is 2.33. The van der Waals surface area contributed by atoms with Crippen LogP contribution >= 0.6 is 11.6 Å². The van der Waals surface area contributed by atoms with Gasteiger partial charge in [-0.3, -0.25) is 0 Å². The lowest BCUT2D eigenvalue weighted by Gasteiger charge is -2.09. The predicted molar refractivity (Wildman–Crippen MR) is 65.9 cm³/mol. The van der Waals surface area contributed by atoms with Gasteiger partial charge in [-0.1, -0.05) is 23.7 Å². The summed E-state index contributed by atoms with van der Waals surface area (Å²) >= 11 is 6.09. The minimum atomic E-state index is -0.494. The van der Waals surface area contributed by atoms with E-state index in [1.807, 2.05) is 36.4 Å². The van der Waals surface area contributed by atoms with Crippen LogP contribution in [0.3, 0.4) is 0 Å². The molecule has 4 heteroatoms. The summed E-state index contributed by atoms with van der Waals surface area (Å²) in [5.41, 5.74) is 0.853. The van der Waals surface area contributed by atoms with Gasteiger partial charge in [0.25, 0.3) is 0 Å². The maximum Gasteiger partial charge on any atom is 0.216 e. The summed E-state index contributed by atoms with van der Waals surface area (Å²) in [5, 5.41) is 0.653. The van der Waals surface area contributed by atoms with Crippen LogP contribution in [0.4, 0.5) is 0 Å². The summed E-state index contributed by atoms with van der Waals surface area (Å²) in [6.07, 6.45) is -0.494. The molecule has 1 heterocycles. The molecule has 1 aromatic carbocycles. The molecule has 0 saturated carbocycles. The number of methoxy groups -OCH3 is 2. The summed E-state index contributed by atoms with van der Waals surface area (Å²) in [6.45, 7) is 0. The van der Waals surface area contributed by atoms with Crippen molar-refractivity contribution in [2.24, 2.45) is 0 Å². The minimum absolute atomic E-state index is 0.494. The van der Waals surface area contributed by atoms with E-state index in [2.05, 4.69) is 0 Å². The van der Waals surface area contributed by atoms with Gasteiger partial charge in [-0.05, 0) is 24.3 Å². The van der Waals surface area contributed by atoms with Gasteiger partial charge in [0, 0.05) is 19.8 Å². The van der Waals surface area contributed by atoms with Crippen molar-refractivity contribution in [2.75, 3.05) is 14.2 Å². The lowest BCUT2D eigenvalue weighted by atomic mass is 10.2. The van der Waals surface area contributed by atoms with Crippen LogP contribution in [0.25, 0.3) is 11.3 Å². The molecule has 0 amide bonds. The fourth-order valence-corrected chi connectivity index (χ4v) is 1.84. The quantitative estimate of drug-likeness (QED) is 0.774. The molecule has 0 aliphatic carbocycles. The van der Waals surface area contributed by atoms with Crippen LogP contribution in [-0.4, -0.2) is 14.2 Å². The molecule has 3 nitrogen and oxygen atoms in total. The van der Waals surface area contributed by atoms with Crippen LogP contribution in [0.1, 0.15) is 12.1 Å². The molecule has 0 aliphatic rings. The molecular weight excluding hydrogens is 240 g/mol. The Kier molecular flexibility index (Phi) is 3.84. The molecule has 17 heavy (non-hydrogen) atoms. The fourth-order valence-electron chi connectivity index (χ4n) is 1.61. The Hall–Kier alpha value is -1.29. The minimum Gasteiger partial charge on any atom is -0.456 e. The predicted octanol–water partition coefficient (Wildman–Crippen LogP) is 3.89. The largest absolute Gasteiger partial charge is 0.456 e. The van der Waals surface area contributed by atoms with E-state index in [-0.39, 0.29) is 0 Å². The number of halogens is 1. The van der Waals surface area contributed by atoms with Gasteiger partial charge in [0.2, 0.25) is 6.29 Å². The van der Waals surface area contributed by atoms with Crippen molar-refractivity contribution in [1.29, 1.82) is 0 Å². The molecule has 0 atom stereocenters. The highest BCUT2D eigenvalue weighted by Gasteiger charge is 2.15. The Morgan fingerprint density at radius 2 is 1.76 bits per heavy atom. The standard InChI is InChI=1S/C13H13ClO3/c1-15-13(16-2)12-8-7-11(17-12)9-5-3-4-6-10(9)14/h3-8,13H,1-2H3. The topological polar surface area (TPSA) is 31.6 Å². The average Bonchev–Trinajstić information content (AvgIpc) is 2.81. The number of furan rings is 1. The number of ether oxygens (including phenoxy) is 2. The monoisotopic (exact) mass is 252 g/mol. The van der Waals surface area contributed by atoms with Crippen LogP contribution in [0.5, 0.6) is 0 Å². The molecule has 0 spiro atoms. The second-order valence-electron chi connectivity index (χ2n) is 3.49. The molecule has 1 aromatic heterocycles. The van der Waals surface area contributed by atoms with Gasteiger partial charge < -0.3 is 13.9 Å². The molecular formula is C13H13ClO3. The molecule has 0 radical (unpaired) electrons. The Morgan fingerprint density at radius 1 is 1.06 bits per heavy atom. The number of rotatable bonds is 4. The second-order valence-corrected chi connectivity index (χ2v) is 3.89.